The molecule has 1 rings (SSSR count). The van der Waals surface area contributed by atoms with Crippen LogP contribution < -0.4 is 11.5 Å². The third-order valence-electron chi connectivity index (χ3n) is 2.80. The third-order valence-corrected chi connectivity index (χ3v) is 2.80. The lowest BCUT2D eigenvalue weighted by Gasteiger charge is -2.18. The van der Waals surface area contributed by atoms with E-state index in [1.807, 2.05) is 0 Å². The first-order chi connectivity index (χ1) is 9.88. The van der Waals surface area contributed by atoms with Crippen molar-refractivity contribution < 1.29 is 18.8 Å². The molecule has 0 unspecified atom stereocenters. The van der Waals surface area contributed by atoms with Crippen molar-refractivity contribution in [3.05, 3.63) is 35.6 Å². The van der Waals surface area contributed by atoms with Crippen molar-refractivity contribution >= 4 is 17.6 Å². The number of primary amides is 2. The predicted molar refractivity (Wildman–Crippen MR) is 74.8 cm³/mol. The minimum Gasteiger partial charge on any atom is -0.369 e. The Morgan fingerprint density at radius 3 is 2.00 bits per heavy atom. The maximum Gasteiger partial charge on any atom is 0.231 e. The molecule has 0 aliphatic heterocycles. The fraction of sp³-hybridized carbons (Fsp3) is 0.357. The summed E-state index contributed by atoms with van der Waals surface area (Å²) < 4.78 is 12.7. The van der Waals surface area contributed by atoms with Gasteiger partial charge in [-0.15, -0.1) is 0 Å². The molecule has 2 amide bonds. The highest BCUT2D eigenvalue weighted by Gasteiger charge is 2.12. The van der Waals surface area contributed by atoms with Crippen molar-refractivity contribution in [3.8, 4) is 0 Å². The molecule has 0 atom stereocenters. The number of carbonyl (C=O) groups excluding carboxylic acids is 3. The normalized spacial score (nSPS) is 10.6. The van der Waals surface area contributed by atoms with Crippen LogP contribution in [0.4, 0.5) is 4.39 Å². The van der Waals surface area contributed by atoms with Gasteiger partial charge in [-0.25, -0.2) is 4.39 Å². The number of nitrogens with two attached hydrogens (primary N) is 2. The lowest BCUT2D eigenvalue weighted by molar-refractivity contribution is -0.121. The van der Waals surface area contributed by atoms with Gasteiger partial charge in [0.25, 0.3) is 0 Å². The number of halogens is 1. The average Bonchev–Trinajstić information content (AvgIpc) is 2.37. The molecule has 0 fully saturated rings. The van der Waals surface area contributed by atoms with Crippen LogP contribution in [0.1, 0.15) is 23.2 Å². The second kappa shape index (κ2) is 8.11. The van der Waals surface area contributed by atoms with Crippen LogP contribution in [0, 0.1) is 5.82 Å². The molecule has 0 saturated heterocycles. The first-order valence-electron chi connectivity index (χ1n) is 6.46. The SMILES string of the molecule is NC(=O)CN(CCCC(=O)c1ccc(F)cc1)CC(N)=O. The van der Waals surface area contributed by atoms with Gasteiger partial charge in [0.05, 0.1) is 13.1 Å². The van der Waals surface area contributed by atoms with Crippen molar-refractivity contribution in [2.24, 2.45) is 11.5 Å². The molecule has 7 heteroatoms. The van der Waals surface area contributed by atoms with E-state index >= 15 is 0 Å². The van der Waals surface area contributed by atoms with Crippen LogP contribution in [0.25, 0.3) is 0 Å². The van der Waals surface area contributed by atoms with E-state index in [0.29, 0.717) is 18.5 Å². The topological polar surface area (TPSA) is 106 Å². The van der Waals surface area contributed by atoms with E-state index < -0.39 is 17.6 Å². The fourth-order valence-corrected chi connectivity index (χ4v) is 1.90. The Kier molecular flexibility index (Phi) is 6.48. The van der Waals surface area contributed by atoms with Crippen LogP contribution in [0.5, 0.6) is 0 Å². The van der Waals surface area contributed by atoms with Crippen LogP contribution in [-0.2, 0) is 9.59 Å². The maximum atomic E-state index is 12.7. The lowest BCUT2D eigenvalue weighted by Crippen LogP contribution is -2.40. The fourth-order valence-electron chi connectivity index (χ4n) is 1.90. The van der Waals surface area contributed by atoms with Gasteiger partial charge in [-0.1, -0.05) is 0 Å². The average molecular weight is 295 g/mol. The Balaban J connectivity index is 2.45. The van der Waals surface area contributed by atoms with Gasteiger partial charge in [0, 0.05) is 12.0 Å². The van der Waals surface area contributed by atoms with Gasteiger partial charge in [-0.3, -0.25) is 19.3 Å². The summed E-state index contributed by atoms with van der Waals surface area (Å²) >= 11 is 0. The number of hydrogen-bond donors (Lipinski definition) is 2. The van der Waals surface area contributed by atoms with Gasteiger partial charge in [-0.2, -0.15) is 0 Å². The molecule has 114 valence electrons. The Hall–Kier alpha value is -2.28. The van der Waals surface area contributed by atoms with E-state index in [-0.39, 0.29) is 25.3 Å². The lowest BCUT2D eigenvalue weighted by atomic mass is 10.1. The molecule has 0 saturated carbocycles. The van der Waals surface area contributed by atoms with Gasteiger partial charge in [-0.05, 0) is 37.2 Å². The van der Waals surface area contributed by atoms with E-state index in [0.717, 1.165) is 0 Å². The van der Waals surface area contributed by atoms with Gasteiger partial charge < -0.3 is 11.5 Å². The van der Waals surface area contributed by atoms with Crippen molar-refractivity contribution in [2.45, 2.75) is 12.8 Å². The highest BCUT2D eigenvalue weighted by atomic mass is 19.1. The second-order valence-electron chi connectivity index (χ2n) is 4.68. The molecular weight excluding hydrogens is 277 g/mol. The molecular formula is C14H18FN3O3. The third kappa shape index (κ3) is 6.62. The van der Waals surface area contributed by atoms with Crippen molar-refractivity contribution in [1.82, 2.24) is 4.90 Å². The minimum absolute atomic E-state index is 0.0896. The summed E-state index contributed by atoms with van der Waals surface area (Å²) in [7, 11) is 0. The molecule has 6 nitrogen and oxygen atoms in total. The summed E-state index contributed by atoms with van der Waals surface area (Å²) in [5.41, 5.74) is 10.6. The maximum absolute atomic E-state index is 12.7. The molecule has 0 bridgehead atoms. The number of ketones is 1. The molecule has 0 aliphatic rings. The first-order valence-corrected chi connectivity index (χ1v) is 6.46. The largest absolute Gasteiger partial charge is 0.369 e. The van der Waals surface area contributed by atoms with Crippen LogP contribution in [0.2, 0.25) is 0 Å². The van der Waals surface area contributed by atoms with Crippen LogP contribution in [0.3, 0.4) is 0 Å². The summed E-state index contributed by atoms with van der Waals surface area (Å²) in [4.78, 5) is 35.1. The van der Waals surface area contributed by atoms with Gasteiger partial charge in [0.2, 0.25) is 11.8 Å². The number of Topliss-reactive ketones (excluding diaryl/α,β-unsaturated/α-hetero) is 1. The van der Waals surface area contributed by atoms with Crippen molar-refractivity contribution in [1.29, 1.82) is 0 Å². The van der Waals surface area contributed by atoms with Gasteiger partial charge >= 0.3 is 0 Å². The predicted octanol–water partition coefficient (Wildman–Crippen LogP) is 0.0612. The number of hydrogen-bond acceptors (Lipinski definition) is 4. The molecule has 0 spiro atoms. The number of benzene rings is 1. The number of carbonyl (C=O) groups is 3. The Bertz CT molecular complexity index is 501. The summed E-state index contributed by atoms with van der Waals surface area (Å²) in [6.45, 7) is 0.167. The Morgan fingerprint density at radius 1 is 1.00 bits per heavy atom. The molecule has 4 N–H and O–H groups in total. The molecule has 1 aromatic rings. The van der Waals surface area contributed by atoms with E-state index in [2.05, 4.69) is 0 Å². The summed E-state index contributed by atoms with van der Waals surface area (Å²) in [6.07, 6.45) is 0.663. The highest BCUT2D eigenvalue weighted by molar-refractivity contribution is 5.95. The summed E-state index contributed by atoms with van der Waals surface area (Å²) in [5, 5.41) is 0. The quantitative estimate of drug-likeness (QED) is 0.628. The monoisotopic (exact) mass is 295 g/mol. The van der Waals surface area contributed by atoms with Crippen LogP contribution >= 0.6 is 0 Å². The number of rotatable bonds is 9. The first kappa shape index (κ1) is 16.8. The Morgan fingerprint density at radius 2 is 1.52 bits per heavy atom. The Labute approximate surface area is 121 Å². The molecule has 1 aromatic carbocycles. The molecule has 0 aromatic heterocycles. The van der Waals surface area contributed by atoms with Crippen molar-refractivity contribution in [2.75, 3.05) is 19.6 Å². The molecule has 0 heterocycles. The minimum atomic E-state index is -0.568. The zero-order valence-electron chi connectivity index (χ0n) is 11.5. The standard InChI is InChI=1S/C14H18FN3O3/c15-11-5-3-10(4-6-11)12(19)2-1-7-18(8-13(16)20)9-14(17)21/h3-6H,1-2,7-9H2,(H2,16,20)(H2,17,21). The highest BCUT2D eigenvalue weighted by Crippen LogP contribution is 2.08. The van der Waals surface area contributed by atoms with E-state index in [1.54, 1.807) is 0 Å². The van der Waals surface area contributed by atoms with Crippen LogP contribution in [-0.4, -0.2) is 42.1 Å². The zero-order chi connectivity index (χ0) is 15.8. The van der Waals surface area contributed by atoms with Crippen molar-refractivity contribution in [3.63, 3.8) is 0 Å². The van der Waals surface area contributed by atoms with E-state index in [1.165, 1.54) is 29.2 Å². The van der Waals surface area contributed by atoms with Gasteiger partial charge in [0.15, 0.2) is 5.78 Å². The number of amides is 2. The van der Waals surface area contributed by atoms with E-state index in [9.17, 15) is 18.8 Å². The summed E-state index contributed by atoms with van der Waals surface area (Å²) in [6, 6.07) is 5.28. The smallest absolute Gasteiger partial charge is 0.231 e. The van der Waals surface area contributed by atoms with Crippen LogP contribution in [0.15, 0.2) is 24.3 Å². The summed E-state index contributed by atoms with van der Waals surface area (Å²) in [5.74, 6) is -1.67. The molecule has 0 radical (unpaired) electrons. The molecule has 0 aliphatic carbocycles. The van der Waals surface area contributed by atoms with E-state index in [4.69, 9.17) is 11.5 Å². The molecule has 21 heavy (non-hydrogen) atoms. The number of nitrogens with zero attached hydrogens (tertiary/aromatic N) is 1. The van der Waals surface area contributed by atoms with Gasteiger partial charge in [0.1, 0.15) is 5.82 Å². The zero-order valence-corrected chi connectivity index (χ0v) is 11.5. The second-order valence-corrected chi connectivity index (χ2v) is 4.68.